The predicted octanol–water partition coefficient (Wildman–Crippen LogP) is 5.57. The summed E-state index contributed by atoms with van der Waals surface area (Å²) in [6.45, 7) is 10.3. The van der Waals surface area contributed by atoms with Crippen LogP contribution in [0.15, 0.2) is 36.4 Å². The highest BCUT2D eigenvalue weighted by molar-refractivity contribution is 6.36. The summed E-state index contributed by atoms with van der Waals surface area (Å²) >= 11 is 12.7. The van der Waals surface area contributed by atoms with E-state index in [4.69, 9.17) is 27.9 Å². The first-order valence-electron chi connectivity index (χ1n) is 10.8. The molecule has 7 heteroatoms. The smallest absolute Gasteiger partial charge is 0.261 e. The van der Waals surface area contributed by atoms with Gasteiger partial charge < -0.3 is 15.0 Å². The first-order chi connectivity index (χ1) is 15.1. The molecule has 0 spiro atoms. The topological polar surface area (TPSA) is 58.6 Å². The van der Waals surface area contributed by atoms with Crippen LogP contribution in [0, 0.1) is 19.8 Å². The summed E-state index contributed by atoms with van der Waals surface area (Å²) in [5.41, 5.74) is 2.66. The molecule has 0 aliphatic carbocycles. The zero-order chi connectivity index (χ0) is 23.8. The number of benzene rings is 2. The lowest BCUT2D eigenvalue weighted by Crippen LogP contribution is -2.50. The summed E-state index contributed by atoms with van der Waals surface area (Å²) < 4.78 is 5.84. The molecule has 0 unspecified atom stereocenters. The Hall–Kier alpha value is -2.24. The highest BCUT2D eigenvalue weighted by atomic mass is 35.5. The molecule has 1 N–H and O–H groups in total. The van der Waals surface area contributed by atoms with Crippen LogP contribution in [0.25, 0.3) is 0 Å². The Morgan fingerprint density at radius 2 is 1.69 bits per heavy atom. The second kappa shape index (κ2) is 12.1. The highest BCUT2D eigenvalue weighted by Crippen LogP contribution is 2.27. The van der Waals surface area contributed by atoms with Gasteiger partial charge in [0.1, 0.15) is 11.8 Å². The molecule has 2 aromatic rings. The zero-order valence-corrected chi connectivity index (χ0v) is 20.9. The number of aryl methyl sites for hydroxylation is 1. The lowest BCUT2D eigenvalue weighted by molar-refractivity contribution is -0.143. The monoisotopic (exact) mass is 478 g/mol. The van der Waals surface area contributed by atoms with E-state index in [9.17, 15) is 9.59 Å². The zero-order valence-electron chi connectivity index (χ0n) is 19.4. The quantitative estimate of drug-likeness (QED) is 0.485. The van der Waals surface area contributed by atoms with E-state index in [1.54, 1.807) is 18.2 Å². The van der Waals surface area contributed by atoms with Crippen molar-refractivity contribution in [2.75, 3.05) is 13.2 Å². The van der Waals surface area contributed by atoms with Gasteiger partial charge in [-0.15, -0.1) is 0 Å². The van der Waals surface area contributed by atoms with Crippen molar-refractivity contribution >= 4 is 35.0 Å². The number of nitrogens with zero attached hydrogens (tertiary/aromatic N) is 1. The Balaban J connectivity index is 2.30. The molecule has 0 aliphatic heterocycles. The van der Waals surface area contributed by atoms with Crippen molar-refractivity contribution < 1.29 is 14.3 Å². The fourth-order valence-corrected chi connectivity index (χ4v) is 3.82. The van der Waals surface area contributed by atoms with E-state index >= 15 is 0 Å². The van der Waals surface area contributed by atoms with Crippen molar-refractivity contribution in [3.8, 4) is 5.75 Å². The maximum atomic E-state index is 13.3. The molecule has 0 heterocycles. The first-order valence-corrected chi connectivity index (χ1v) is 11.6. The summed E-state index contributed by atoms with van der Waals surface area (Å²) in [4.78, 5) is 27.8. The number of ether oxygens (including phenoxy) is 1. The molecule has 2 amide bonds. The van der Waals surface area contributed by atoms with Crippen LogP contribution < -0.4 is 10.1 Å². The van der Waals surface area contributed by atoms with Gasteiger partial charge in [0.2, 0.25) is 5.91 Å². The van der Waals surface area contributed by atoms with Crippen molar-refractivity contribution in [3.05, 3.63) is 63.1 Å². The van der Waals surface area contributed by atoms with Crippen LogP contribution in [0.5, 0.6) is 5.75 Å². The average Bonchev–Trinajstić information content (AvgIpc) is 2.74. The Kier molecular flexibility index (Phi) is 9.85. The average molecular weight is 479 g/mol. The van der Waals surface area contributed by atoms with Crippen LogP contribution in [-0.4, -0.2) is 35.9 Å². The van der Waals surface area contributed by atoms with Crippen LogP contribution in [0.2, 0.25) is 10.0 Å². The van der Waals surface area contributed by atoms with Crippen molar-refractivity contribution in [3.63, 3.8) is 0 Å². The number of amides is 2. The maximum absolute atomic E-state index is 13.3. The van der Waals surface area contributed by atoms with Crippen molar-refractivity contribution in [2.45, 2.75) is 53.6 Å². The summed E-state index contributed by atoms with van der Waals surface area (Å²) in [5, 5.41) is 3.83. The Bertz CT molecular complexity index is 927. The fraction of sp³-hybridized carbons (Fsp3) is 0.440. The minimum Gasteiger partial charge on any atom is -0.483 e. The minimum absolute atomic E-state index is 0.112. The lowest BCUT2D eigenvalue weighted by Gasteiger charge is -2.31. The molecule has 32 heavy (non-hydrogen) atoms. The van der Waals surface area contributed by atoms with Crippen molar-refractivity contribution in [1.82, 2.24) is 10.2 Å². The molecule has 0 aliphatic rings. The van der Waals surface area contributed by atoms with E-state index in [1.807, 2.05) is 52.8 Å². The van der Waals surface area contributed by atoms with E-state index in [-0.39, 0.29) is 25.0 Å². The molecule has 0 aromatic heterocycles. The minimum atomic E-state index is -0.671. The van der Waals surface area contributed by atoms with Gasteiger partial charge in [-0.1, -0.05) is 62.2 Å². The second-order valence-corrected chi connectivity index (χ2v) is 9.09. The number of hydrogen-bond donors (Lipinski definition) is 1. The van der Waals surface area contributed by atoms with Gasteiger partial charge in [0, 0.05) is 28.7 Å². The summed E-state index contributed by atoms with van der Waals surface area (Å²) in [7, 11) is 0. The first kappa shape index (κ1) is 26.0. The summed E-state index contributed by atoms with van der Waals surface area (Å²) in [5.74, 6) is 0.426. The molecule has 0 bridgehead atoms. The van der Waals surface area contributed by atoms with Crippen LogP contribution in [-0.2, 0) is 16.1 Å². The molecule has 1 atom stereocenters. The Morgan fingerprint density at radius 1 is 1.06 bits per heavy atom. The molecular weight excluding hydrogens is 447 g/mol. The number of carbonyl (C=O) groups is 2. The third kappa shape index (κ3) is 6.88. The number of carbonyl (C=O) groups excluding carboxylic acids is 2. The number of nitrogens with one attached hydrogen (secondary N) is 1. The van der Waals surface area contributed by atoms with Gasteiger partial charge in [-0.05, 0) is 55.5 Å². The maximum Gasteiger partial charge on any atom is 0.261 e. The molecule has 0 radical (unpaired) electrons. The van der Waals surface area contributed by atoms with Crippen LogP contribution in [0.4, 0.5) is 0 Å². The predicted molar refractivity (Wildman–Crippen MR) is 130 cm³/mol. The highest BCUT2D eigenvalue weighted by Gasteiger charge is 2.30. The van der Waals surface area contributed by atoms with E-state index in [0.29, 0.717) is 40.2 Å². The van der Waals surface area contributed by atoms with Gasteiger partial charge in [-0.25, -0.2) is 0 Å². The van der Waals surface area contributed by atoms with Crippen molar-refractivity contribution in [2.24, 2.45) is 5.92 Å². The molecule has 5 nitrogen and oxygen atoms in total. The molecule has 2 rings (SSSR count). The third-order valence-electron chi connectivity index (χ3n) is 5.37. The molecular formula is C25H32Cl2N2O3. The third-order valence-corrected chi connectivity index (χ3v) is 6.07. The van der Waals surface area contributed by atoms with Crippen molar-refractivity contribution in [1.29, 1.82) is 0 Å². The van der Waals surface area contributed by atoms with Crippen LogP contribution in [0.1, 0.15) is 43.9 Å². The van der Waals surface area contributed by atoms with E-state index in [2.05, 4.69) is 5.32 Å². The number of hydrogen-bond acceptors (Lipinski definition) is 3. The number of halogens is 2. The largest absolute Gasteiger partial charge is 0.483 e. The molecule has 0 saturated heterocycles. The van der Waals surface area contributed by atoms with Crippen LogP contribution >= 0.6 is 23.2 Å². The fourth-order valence-electron chi connectivity index (χ4n) is 3.30. The van der Waals surface area contributed by atoms with E-state index in [1.165, 1.54) is 4.90 Å². The van der Waals surface area contributed by atoms with Gasteiger partial charge in [0.05, 0.1) is 0 Å². The van der Waals surface area contributed by atoms with E-state index < -0.39 is 6.04 Å². The number of rotatable bonds is 10. The van der Waals surface area contributed by atoms with Gasteiger partial charge in [0.15, 0.2) is 6.61 Å². The molecule has 2 aromatic carbocycles. The Labute approximate surface area is 201 Å². The van der Waals surface area contributed by atoms with Crippen LogP contribution in [0.3, 0.4) is 0 Å². The summed E-state index contributed by atoms with van der Waals surface area (Å²) in [6, 6.07) is 10.2. The molecule has 174 valence electrons. The second-order valence-electron chi connectivity index (χ2n) is 8.27. The van der Waals surface area contributed by atoms with Gasteiger partial charge in [-0.3, -0.25) is 9.59 Å². The normalized spacial score (nSPS) is 11.9. The molecule has 0 fully saturated rings. The standard InChI is InChI=1S/C25H32Cl2N2O3/c1-6-22(25(31)28-13-16(2)3)29(14-19-20(26)10-8-11-21(19)27)24(30)15-32-23-12-7-9-17(4)18(23)5/h7-12,16,22H,6,13-15H2,1-5H3,(H,28,31)/t22-/m1/s1. The van der Waals surface area contributed by atoms with E-state index in [0.717, 1.165) is 11.1 Å². The summed E-state index contributed by atoms with van der Waals surface area (Å²) in [6.07, 6.45) is 0.446. The van der Waals surface area contributed by atoms with Gasteiger partial charge in [-0.2, -0.15) is 0 Å². The van der Waals surface area contributed by atoms with Gasteiger partial charge in [0.25, 0.3) is 5.91 Å². The van der Waals surface area contributed by atoms with Gasteiger partial charge >= 0.3 is 0 Å². The SMILES string of the molecule is CC[C@H](C(=O)NCC(C)C)N(Cc1c(Cl)cccc1Cl)C(=O)COc1cccc(C)c1C. The molecule has 0 saturated carbocycles. The lowest BCUT2D eigenvalue weighted by atomic mass is 10.1. The Morgan fingerprint density at radius 3 is 2.28 bits per heavy atom.